The fourth-order valence-electron chi connectivity index (χ4n) is 3.42. The second-order valence-electron chi connectivity index (χ2n) is 6.45. The number of hydrogen-bond acceptors (Lipinski definition) is 5. The summed E-state index contributed by atoms with van der Waals surface area (Å²) in [4.78, 5) is 23.2. The quantitative estimate of drug-likeness (QED) is 0.831. The van der Waals surface area contributed by atoms with Crippen LogP contribution in [-0.4, -0.2) is 66.0 Å². The number of rotatable bonds is 5. The summed E-state index contributed by atoms with van der Waals surface area (Å²) < 4.78 is 0. The Labute approximate surface area is 136 Å². The second kappa shape index (κ2) is 6.96. The summed E-state index contributed by atoms with van der Waals surface area (Å²) in [6, 6.07) is 0.507. The third-order valence-electron chi connectivity index (χ3n) is 4.64. The van der Waals surface area contributed by atoms with Gasteiger partial charge in [0.05, 0.1) is 5.69 Å². The highest BCUT2D eigenvalue weighted by atomic mass is 32.1. The summed E-state index contributed by atoms with van der Waals surface area (Å²) >= 11 is 1.75. The van der Waals surface area contributed by atoms with Gasteiger partial charge in [0, 0.05) is 50.6 Å². The van der Waals surface area contributed by atoms with Crippen LogP contribution in [-0.2, 0) is 4.79 Å². The van der Waals surface area contributed by atoms with Crippen molar-refractivity contribution in [1.82, 2.24) is 14.8 Å². The lowest BCUT2D eigenvalue weighted by molar-refractivity contribution is -0.127. The minimum absolute atomic E-state index is 0.345. The Morgan fingerprint density at radius 3 is 2.82 bits per heavy atom. The van der Waals surface area contributed by atoms with Crippen LogP contribution in [0.1, 0.15) is 31.9 Å². The average Bonchev–Trinajstić information content (AvgIpc) is 3.08. The molecule has 0 aromatic carbocycles. The van der Waals surface area contributed by atoms with Crippen molar-refractivity contribution in [1.29, 1.82) is 0 Å². The van der Waals surface area contributed by atoms with Crippen molar-refractivity contribution < 1.29 is 4.79 Å². The Morgan fingerprint density at radius 2 is 2.18 bits per heavy atom. The number of thiazole rings is 1. The lowest BCUT2D eigenvalue weighted by atomic mass is 10.2. The van der Waals surface area contributed by atoms with E-state index in [0.717, 1.165) is 69.4 Å². The van der Waals surface area contributed by atoms with Crippen molar-refractivity contribution in [2.45, 2.75) is 39.2 Å². The normalized spacial score (nSPS) is 23.5. The van der Waals surface area contributed by atoms with Crippen LogP contribution in [0.5, 0.6) is 0 Å². The highest BCUT2D eigenvalue weighted by Gasteiger charge is 2.26. The van der Waals surface area contributed by atoms with E-state index in [4.69, 9.17) is 0 Å². The fourth-order valence-corrected chi connectivity index (χ4v) is 4.35. The molecule has 5 nitrogen and oxygen atoms in total. The SMILES string of the molecule is Cc1csc(N2CCN(CCCN3CCCC3=O)CC2C)n1. The first kappa shape index (κ1) is 15.7. The van der Waals surface area contributed by atoms with Crippen LogP contribution in [0, 0.1) is 6.92 Å². The Hall–Kier alpha value is -1.14. The maximum atomic E-state index is 11.6. The molecule has 22 heavy (non-hydrogen) atoms. The molecule has 6 heteroatoms. The monoisotopic (exact) mass is 322 g/mol. The first-order valence-electron chi connectivity index (χ1n) is 8.32. The summed E-state index contributed by atoms with van der Waals surface area (Å²) in [6.07, 6.45) is 2.89. The van der Waals surface area contributed by atoms with Gasteiger partial charge in [-0.05, 0) is 33.2 Å². The van der Waals surface area contributed by atoms with Crippen LogP contribution in [0.4, 0.5) is 5.13 Å². The molecule has 1 amide bonds. The summed E-state index contributed by atoms with van der Waals surface area (Å²) in [7, 11) is 0. The minimum Gasteiger partial charge on any atom is -0.343 e. The van der Waals surface area contributed by atoms with Crippen LogP contribution < -0.4 is 4.90 Å². The summed E-state index contributed by atoms with van der Waals surface area (Å²) in [5.41, 5.74) is 1.12. The van der Waals surface area contributed by atoms with E-state index in [0.29, 0.717) is 11.9 Å². The Morgan fingerprint density at radius 1 is 1.32 bits per heavy atom. The highest BCUT2D eigenvalue weighted by molar-refractivity contribution is 7.13. The predicted octanol–water partition coefficient (Wildman–Crippen LogP) is 1.97. The van der Waals surface area contributed by atoms with Gasteiger partial charge in [-0.3, -0.25) is 9.69 Å². The lowest BCUT2D eigenvalue weighted by Crippen LogP contribution is -2.52. The second-order valence-corrected chi connectivity index (χ2v) is 7.29. The third-order valence-corrected chi connectivity index (χ3v) is 5.63. The lowest BCUT2D eigenvalue weighted by Gasteiger charge is -2.40. The van der Waals surface area contributed by atoms with Crippen LogP contribution in [0.15, 0.2) is 5.38 Å². The molecule has 0 spiro atoms. The molecular formula is C16H26N4OS. The predicted molar refractivity (Wildman–Crippen MR) is 90.5 cm³/mol. The molecule has 0 bridgehead atoms. The van der Waals surface area contributed by atoms with Gasteiger partial charge in [0.25, 0.3) is 0 Å². The Balaban J connectivity index is 1.43. The number of anilines is 1. The van der Waals surface area contributed by atoms with Crippen LogP contribution >= 0.6 is 11.3 Å². The van der Waals surface area contributed by atoms with Gasteiger partial charge in [-0.1, -0.05) is 0 Å². The number of likely N-dealkylation sites (tertiary alicyclic amines) is 1. The zero-order chi connectivity index (χ0) is 15.5. The van der Waals surface area contributed by atoms with E-state index in [-0.39, 0.29) is 0 Å². The first-order chi connectivity index (χ1) is 10.6. The van der Waals surface area contributed by atoms with Gasteiger partial charge in [0.15, 0.2) is 5.13 Å². The van der Waals surface area contributed by atoms with Gasteiger partial charge < -0.3 is 9.80 Å². The number of hydrogen-bond donors (Lipinski definition) is 0. The van der Waals surface area contributed by atoms with Gasteiger partial charge in [-0.15, -0.1) is 11.3 Å². The van der Waals surface area contributed by atoms with E-state index in [1.54, 1.807) is 11.3 Å². The number of amides is 1. The van der Waals surface area contributed by atoms with Gasteiger partial charge in [0.2, 0.25) is 5.91 Å². The molecule has 3 rings (SSSR count). The molecule has 0 radical (unpaired) electrons. The summed E-state index contributed by atoms with van der Waals surface area (Å²) in [5, 5.41) is 3.29. The van der Waals surface area contributed by atoms with Crippen molar-refractivity contribution in [3.05, 3.63) is 11.1 Å². The van der Waals surface area contributed by atoms with E-state index in [1.165, 1.54) is 0 Å². The fraction of sp³-hybridized carbons (Fsp3) is 0.750. The molecule has 3 heterocycles. The Bertz CT molecular complexity index is 518. The molecule has 122 valence electrons. The van der Waals surface area contributed by atoms with Gasteiger partial charge in [-0.25, -0.2) is 4.98 Å². The maximum Gasteiger partial charge on any atom is 0.222 e. The largest absolute Gasteiger partial charge is 0.343 e. The molecule has 1 aromatic heterocycles. The Kier molecular flexibility index (Phi) is 4.98. The molecule has 2 aliphatic heterocycles. The molecule has 0 N–H and O–H groups in total. The smallest absolute Gasteiger partial charge is 0.222 e. The number of piperazine rings is 1. The van der Waals surface area contributed by atoms with Crippen LogP contribution in [0.2, 0.25) is 0 Å². The van der Waals surface area contributed by atoms with Crippen molar-refractivity contribution in [2.24, 2.45) is 0 Å². The van der Waals surface area contributed by atoms with Crippen molar-refractivity contribution in [3.63, 3.8) is 0 Å². The van der Waals surface area contributed by atoms with E-state index in [2.05, 4.69) is 34.0 Å². The van der Waals surface area contributed by atoms with Crippen molar-refractivity contribution in [3.8, 4) is 0 Å². The zero-order valence-electron chi connectivity index (χ0n) is 13.6. The molecule has 1 aromatic rings. The standard InChI is InChI=1S/C16H26N4OS/c1-13-12-22-16(17-13)20-10-9-18(11-14(20)2)6-4-8-19-7-3-5-15(19)21/h12,14H,3-11H2,1-2H3. The molecule has 2 saturated heterocycles. The molecule has 0 saturated carbocycles. The molecule has 2 aliphatic rings. The van der Waals surface area contributed by atoms with Gasteiger partial charge in [0.1, 0.15) is 0 Å². The number of carbonyl (C=O) groups excluding carboxylic acids is 1. The van der Waals surface area contributed by atoms with Gasteiger partial charge >= 0.3 is 0 Å². The summed E-state index contributed by atoms with van der Waals surface area (Å²) in [6.45, 7) is 10.6. The van der Waals surface area contributed by atoms with Crippen LogP contribution in [0.3, 0.4) is 0 Å². The van der Waals surface area contributed by atoms with E-state index >= 15 is 0 Å². The van der Waals surface area contributed by atoms with Gasteiger partial charge in [-0.2, -0.15) is 0 Å². The maximum absolute atomic E-state index is 11.6. The average molecular weight is 322 g/mol. The number of nitrogens with zero attached hydrogens (tertiary/aromatic N) is 4. The highest BCUT2D eigenvalue weighted by Crippen LogP contribution is 2.24. The van der Waals surface area contributed by atoms with E-state index < -0.39 is 0 Å². The van der Waals surface area contributed by atoms with Crippen molar-refractivity contribution in [2.75, 3.05) is 44.2 Å². The van der Waals surface area contributed by atoms with Crippen molar-refractivity contribution >= 4 is 22.4 Å². The molecule has 1 atom stereocenters. The minimum atomic E-state index is 0.345. The molecular weight excluding hydrogens is 296 g/mol. The van der Waals surface area contributed by atoms with Crippen LogP contribution in [0.25, 0.3) is 0 Å². The first-order valence-corrected chi connectivity index (χ1v) is 9.20. The number of carbonyl (C=O) groups is 1. The zero-order valence-corrected chi connectivity index (χ0v) is 14.4. The summed E-state index contributed by atoms with van der Waals surface area (Å²) in [5.74, 6) is 0.345. The van der Waals surface area contributed by atoms with E-state index in [1.807, 2.05) is 4.90 Å². The number of aromatic nitrogens is 1. The number of aryl methyl sites for hydroxylation is 1. The molecule has 2 fully saturated rings. The molecule has 1 unspecified atom stereocenters. The third kappa shape index (κ3) is 3.60. The topological polar surface area (TPSA) is 39.7 Å². The molecule has 0 aliphatic carbocycles. The van der Waals surface area contributed by atoms with E-state index in [9.17, 15) is 4.79 Å².